The molecule has 4 nitrogen and oxygen atoms in total. The Kier molecular flexibility index (Phi) is 11.4. The van der Waals surface area contributed by atoms with Crippen LogP contribution in [0, 0.1) is 0 Å². The van der Waals surface area contributed by atoms with Gasteiger partial charge >= 0.3 is 5.91 Å². The van der Waals surface area contributed by atoms with Crippen molar-refractivity contribution in [3.63, 3.8) is 0 Å². The van der Waals surface area contributed by atoms with Crippen LogP contribution in [0.5, 0.6) is 0 Å². The summed E-state index contributed by atoms with van der Waals surface area (Å²) in [5.41, 5.74) is 27.7. The van der Waals surface area contributed by atoms with Crippen LogP contribution in [-0.4, -0.2) is 29.7 Å². The molecule has 8 heterocycles. The van der Waals surface area contributed by atoms with E-state index >= 15 is 0 Å². The predicted molar refractivity (Wildman–Crippen MR) is 343 cm³/mol. The number of aromatic nitrogens is 2. The van der Waals surface area contributed by atoms with Gasteiger partial charge in [0.2, 0.25) is 22.8 Å². The normalized spacial score (nSPS) is 17.6. The van der Waals surface area contributed by atoms with Crippen LogP contribution in [0.4, 0.5) is 0 Å². The van der Waals surface area contributed by atoms with Crippen LogP contribution in [0.2, 0.25) is 0 Å². The van der Waals surface area contributed by atoms with Gasteiger partial charge in [0.25, 0.3) is 0 Å². The maximum absolute atomic E-state index is 2.80. The second-order valence-corrected chi connectivity index (χ2v) is 33.1. The third-order valence-corrected chi connectivity index (χ3v) is 18.6. The van der Waals surface area contributed by atoms with Gasteiger partial charge in [-0.05, 0) is 134 Å². The molecular formula is C77H92N4+2. The van der Waals surface area contributed by atoms with E-state index in [1.807, 2.05) is 0 Å². The summed E-state index contributed by atoms with van der Waals surface area (Å²) in [6.45, 7) is 56.9. The van der Waals surface area contributed by atoms with E-state index in [0.717, 1.165) is 0 Å². The lowest BCUT2D eigenvalue weighted by molar-refractivity contribution is -0.834. The van der Waals surface area contributed by atoms with E-state index in [0.29, 0.717) is 0 Å². The fourth-order valence-corrected chi connectivity index (χ4v) is 13.5. The molecule has 0 saturated heterocycles. The van der Waals surface area contributed by atoms with Crippen molar-refractivity contribution in [2.45, 2.75) is 215 Å². The van der Waals surface area contributed by atoms with Gasteiger partial charge in [-0.25, -0.2) is 0 Å². The first-order valence-corrected chi connectivity index (χ1v) is 30.3. The molecule has 0 N–H and O–H groups in total. The highest BCUT2D eigenvalue weighted by Gasteiger charge is 2.73. The van der Waals surface area contributed by atoms with Crippen molar-refractivity contribution in [3.8, 4) is 0 Å². The number of hydrogen-bond acceptors (Lipinski definition) is 0. The summed E-state index contributed by atoms with van der Waals surface area (Å²) in [4.78, 5) is 0. The fourth-order valence-electron chi connectivity index (χ4n) is 13.5. The summed E-state index contributed by atoms with van der Waals surface area (Å²) < 4.78 is 11.2. The SMILES string of the molecule is CC(C)(C)c1cc(C2=C3C=CC4=[N+]3C35n6c2ccc6C(c2cc(C(C)(C)C)cc(C(C)(C)C)c2)=C2C=CC(=[N+]23)C(c2cc(C(C)(C)C)cc(C(C)(C)C)c2)=c2ccc(n25)=C4c2cc(C(C)(C)C)cc(C(C)(C)C)c2)cc(C(C)(C)C)c1. The zero-order valence-corrected chi connectivity index (χ0v) is 53.8. The molecule has 81 heavy (non-hydrogen) atoms. The van der Waals surface area contributed by atoms with Crippen molar-refractivity contribution in [3.05, 3.63) is 222 Å². The first-order chi connectivity index (χ1) is 37.2. The second kappa shape index (κ2) is 16.8. The summed E-state index contributed by atoms with van der Waals surface area (Å²) in [5, 5.41) is 2.46. The van der Waals surface area contributed by atoms with Crippen molar-refractivity contribution in [1.29, 1.82) is 0 Å². The first kappa shape index (κ1) is 55.0. The molecule has 6 aliphatic heterocycles. The predicted octanol–water partition coefficient (Wildman–Crippen LogP) is 16.8. The van der Waals surface area contributed by atoms with Crippen LogP contribution < -0.4 is 10.7 Å². The van der Waals surface area contributed by atoms with Crippen LogP contribution in [0.15, 0.2) is 133 Å². The highest BCUT2D eigenvalue weighted by Crippen LogP contribution is 2.54. The molecule has 6 aromatic rings. The Labute approximate surface area is 486 Å². The Balaban J connectivity index is 1.34. The Hall–Kier alpha value is -6.52. The van der Waals surface area contributed by atoms with Gasteiger partial charge in [-0.2, -0.15) is 9.13 Å². The zero-order chi connectivity index (χ0) is 58.8. The van der Waals surface area contributed by atoms with Gasteiger partial charge in [0.05, 0.1) is 44.4 Å². The van der Waals surface area contributed by atoms with Crippen LogP contribution in [0.25, 0.3) is 22.3 Å². The Morgan fingerprint density at radius 2 is 0.506 bits per heavy atom. The average Bonchev–Trinajstić information content (AvgIpc) is 3.91. The van der Waals surface area contributed by atoms with Crippen LogP contribution in [0.1, 0.15) is 244 Å². The molecule has 0 aliphatic carbocycles. The van der Waals surface area contributed by atoms with Gasteiger partial charge in [-0.1, -0.05) is 248 Å². The molecule has 0 fully saturated rings. The molecule has 0 saturated carbocycles. The Morgan fingerprint density at radius 1 is 0.272 bits per heavy atom. The lowest BCUT2D eigenvalue weighted by Gasteiger charge is -2.41. The average molecular weight is 1070 g/mol. The quantitative estimate of drug-likeness (QED) is 0.156. The molecule has 1 spiro atoms. The number of rotatable bonds is 4. The first-order valence-electron chi connectivity index (χ1n) is 30.3. The standard InChI is InChI=1S/C77H92N4/c1-69(2,3)49-33-45(34-50(41-49)70(4,5)6)65-57-25-27-59-66(46-35-51(71(7,8)9)42-52(36-46)72(10,11)12)61-29-31-63-68(48-39-55(75(19,20)21)44-56(40-48)76(22,23)24)64-32-30-62-67(47-37-53(73(13,14)15)43-54(38-47)74(16,17)18)60-28-26-58(65)79(60)77(78(57)59,80(61)63)81(62)64/h25-44H,1-24H3/q+2. The molecule has 0 atom stereocenters. The van der Waals surface area contributed by atoms with Crippen LogP contribution >= 0.6 is 0 Å². The van der Waals surface area contributed by atoms with Crippen molar-refractivity contribution in [2.75, 3.05) is 0 Å². The zero-order valence-electron chi connectivity index (χ0n) is 53.8. The van der Waals surface area contributed by atoms with E-state index < -0.39 is 5.91 Å². The molecule has 12 rings (SSSR count). The van der Waals surface area contributed by atoms with E-state index in [9.17, 15) is 0 Å². The fraction of sp³-hybridized carbons (Fsp3) is 0.429. The van der Waals surface area contributed by atoms with Crippen LogP contribution in [0.3, 0.4) is 0 Å². The topological polar surface area (TPSA) is 15.9 Å². The summed E-state index contributed by atoms with van der Waals surface area (Å²) in [6.07, 6.45) is 9.92. The van der Waals surface area contributed by atoms with E-state index in [2.05, 4.69) is 306 Å². The van der Waals surface area contributed by atoms with Gasteiger partial charge in [-0.15, -0.1) is 0 Å². The highest BCUT2D eigenvalue weighted by atomic mass is 15.6. The lowest BCUT2D eigenvalue weighted by atomic mass is 9.78. The van der Waals surface area contributed by atoms with Crippen molar-refractivity contribution < 1.29 is 9.15 Å². The van der Waals surface area contributed by atoms with Crippen molar-refractivity contribution in [2.24, 2.45) is 0 Å². The van der Waals surface area contributed by atoms with E-state index in [1.54, 1.807) is 0 Å². The Bertz CT molecular complexity index is 3740. The largest absolute Gasteiger partial charge is 0.553 e. The van der Waals surface area contributed by atoms with Crippen molar-refractivity contribution in [1.82, 2.24) is 9.13 Å². The van der Waals surface area contributed by atoms with E-state index in [4.69, 9.17) is 0 Å². The third-order valence-electron chi connectivity index (χ3n) is 18.6. The van der Waals surface area contributed by atoms with E-state index in [-0.39, 0.29) is 43.3 Å². The minimum Gasteiger partial charge on any atom is -0.198 e. The van der Waals surface area contributed by atoms with Gasteiger partial charge < -0.3 is 0 Å². The second-order valence-electron chi connectivity index (χ2n) is 33.1. The Morgan fingerprint density at radius 3 is 0.741 bits per heavy atom. The molecular weight excluding hydrogens is 981 g/mol. The highest BCUT2D eigenvalue weighted by molar-refractivity contribution is 6.29. The summed E-state index contributed by atoms with van der Waals surface area (Å²) in [5.74, 6) is -0.920. The number of benzene rings is 4. The number of allylic oxidation sites excluding steroid dienone is 4. The minimum absolute atomic E-state index is 0.0756. The number of nitrogens with zero attached hydrogens (tertiary/aromatic N) is 4. The monoisotopic (exact) mass is 1070 g/mol. The van der Waals surface area contributed by atoms with Crippen LogP contribution in [-0.2, 0) is 49.2 Å². The molecule has 418 valence electrons. The van der Waals surface area contributed by atoms with Gasteiger partial charge in [0.1, 0.15) is 0 Å². The van der Waals surface area contributed by atoms with Gasteiger partial charge in [0, 0.05) is 24.3 Å². The molecule has 6 aliphatic rings. The van der Waals surface area contributed by atoms with Crippen molar-refractivity contribution >= 4 is 33.7 Å². The van der Waals surface area contributed by atoms with Gasteiger partial charge in [0.15, 0.2) is 0 Å². The maximum Gasteiger partial charge on any atom is 0.553 e. The smallest absolute Gasteiger partial charge is 0.198 e. The molecule has 0 amide bonds. The summed E-state index contributed by atoms with van der Waals surface area (Å²) >= 11 is 0. The third kappa shape index (κ3) is 8.24. The molecule has 2 aromatic heterocycles. The molecule has 4 heteroatoms. The summed E-state index contributed by atoms with van der Waals surface area (Å²) in [6, 6.07) is 40.0. The maximum atomic E-state index is 2.80. The molecule has 0 radical (unpaired) electrons. The van der Waals surface area contributed by atoms with Gasteiger partial charge in [-0.3, -0.25) is 0 Å². The molecule has 0 unspecified atom stereocenters. The lowest BCUT2D eigenvalue weighted by Crippen LogP contribution is -2.71. The number of hydrogen-bond donors (Lipinski definition) is 0. The molecule has 4 aromatic carbocycles. The minimum atomic E-state index is -0.920. The van der Waals surface area contributed by atoms with E-state index in [1.165, 1.54) is 134 Å². The molecule has 0 bridgehead atoms. The summed E-state index contributed by atoms with van der Waals surface area (Å²) in [7, 11) is 0.